The minimum absolute atomic E-state index is 0.103. The Morgan fingerprint density at radius 3 is 2.57 bits per heavy atom. The first-order chi connectivity index (χ1) is 6.62. The van der Waals surface area contributed by atoms with Crippen molar-refractivity contribution in [3.05, 3.63) is 0 Å². The van der Waals surface area contributed by atoms with Gasteiger partial charge in [0.1, 0.15) is 5.54 Å². The van der Waals surface area contributed by atoms with Crippen molar-refractivity contribution in [1.29, 1.82) is 0 Å². The minimum Gasteiger partial charge on any atom is -0.465 e. The summed E-state index contributed by atoms with van der Waals surface area (Å²) in [4.78, 5) is 11.7. The number of ether oxygens (including phenoxy) is 1. The van der Waals surface area contributed by atoms with Crippen LogP contribution in [0.1, 0.15) is 46.5 Å². The summed E-state index contributed by atoms with van der Waals surface area (Å²) in [7, 11) is 0. The molecule has 0 amide bonds. The van der Waals surface area contributed by atoms with Crippen LogP contribution in [-0.4, -0.2) is 24.2 Å². The molecule has 0 aromatic heterocycles. The average molecular weight is 199 g/mol. The highest BCUT2D eigenvalue weighted by atomic mass is 16.5. The highest BCUT2D eigenvalue weighted by Gasteiger charge is 2.38. The first kappa shape index (κ1) is 11.5. The predicted octanol–water partition coefficient (Wildman–Crippen LogP) is 1.86. The number of carbonyl (C=O) groups excluding carboxylic acids is 1. The molecule has 3 heteroatoms. The van der Waals surface area contributed by atoms with Crippen LogP contribution in [0.4, 0.5) is 0 Å². The highest BCUT2D eigenvalue weighted by Crippen LogP contribution is 2.25. The van der Waals surface area contributed by atoms with E-state index < -0.39 is 5.54 Å². The van der Waals surface area contributed by atoms with Gasteiger partial charge in [-0.05, 0) is 33.1 Å². The second kappa shape index (κ2) is 4.78. The van der Waals surface area contributed by atoms with E-state index >= 15 is 0 Å². The van der Waals surface area contributed by atoms with Gasteiger partial charge in [0.25, 0.3) is 0 Å². The van der Waals surface area contributed by atoms with E-state index in [4.69, 9.17) is 4.74 Å². The van der Waals surface area contributed by atoms with Crippen LogP contribution in [0.3, 0.4) is 0 Å². The van der Waals surface area contributed by atoms with E-state index in [2.05, 4.69) is 12.2 Å². The summed E-state index contributed by atoms with van der Waals surface area (Å²) in [5, 5.41) is 3.38. The Morgan fingerprint density at radius 1 is 1.50 bits per heavy atom. The third-order valence-electron chi connectivity index (χ3n) is 2.58. The van der Waals surface area contributed by atoms with Gasteiger partial charge in [-0.15, -0.1) is 0 Å². The normalized spacial score (nSPS) is 20.2. The maximum Gasteiger partial charge on any atom is 0.326 e. The van der Waals surface area contributed by atoms with Crippen LogP contribution in [0.15, 0.2) is 0 Å². The van der Waals surface area contributed by atoms with E-state index in [9.17, 15) is 4.79 Å². The van der Waals surface area contributed by atoms with Crippen LogP contribution in [0.5, 0.6) is 0 Å². The molecule has 1 N–H and O–H groups in total. The van der Waals surface area contributed by atoms with Crippen molar-refractivity contribution in [2.24, 2.45) is 0 Å². The number of hydrogen-bond donors (Lipinski definition) is 1. The van der Waals surface area contributed by atoms with Crippen LogP contribution in [0.25, 0.3) is 0 Å². The highest BCUT2D eigenvalue weighted by molar-refractivity contribution is 5.80. The van der Waals surface area contributed by atoms with Crippen molar-refractivity contribution in [2.75, 3.05) is 6.61 Å². The molecule has 1 aliphatic carbocycles. The summed E-state index contributed by atoms with van der Waals surface area (Å²) in [6, 6.07) is 0.538. The lowest BCUT2D eigenvalue weighted by Gasteiger charge is -2.28. The first-order valence-electron chi connectivity index (χ1n) is 5.57. The lowest BCUT2D eigenvalue weighted by atomic mass is 9.96. The van der Waals surface area contributed by atoms with E-state index in [0.717, 1.165) is 12.8 Å². The molecule has 82 valence electrons. The van der Waals surface area contributed by atoms with Crippen LogP contribution in [-0.2, 0) is 9.53 Å². The molecule has 0 aromatic carbocycles. The van der Waals surface area contributed by atoms with Crippen molar-refractivity contribution in [3.63, 3.8) is 0 Å². The largest absolute Gasteiger partial charge is 0.465 e. The Morgan fingerprint density at radius 2 is 2.14 bits per heavy atom. The molecule has 1 unspecified atom stereocenters. The van der Waals surface area contributed by atoms with Crippen LogP contribution in [0, 0.1) is 0 Å². The molecule has 1 atom stereocenters. The molecular formula is C11H21NO2. The van der Waals surface area contributed by atoms with Crippen LogP contribution in [0.2, 0.25) is 0 Å². The summed E-state index contributed by atoms with van der Waals surface area (Å²) >= 11 is 0. The molecule has 1 rings (SSSR count). The molecule has 0 radical (unpaired) electrons. The third kappa shape index (κ3) is 2.98. The Labute approximate surface area is 86.2 Å². The van der Waals surface area contributed by atoms with E-state index in [1.807, 2.05) is 13.8 Å². The molecule has 0 bridgehead atoms. The molecule has 3 nitrogen and oxygen atoms in total. The molecule has 0 heterocycles. The fourth-order valence-electron chi connectivity index (χ4n) is 1.70. The third-order valence-corrected chi connectivity index (χ3v) is 2.58. The second-order valence-corrected chi connectivity index (χ2v) is 4.22. The SMILES string of the molecule is CCCC(C)(NC1CC1)C(=O)OCC. The minimum atomic E-state index is -0.466. The van der Waals surface area contributed by atoms with E-state index in [1.165, 1.54) is 12.8 Å². The van der Waals surface area contributed by atoms with E-state index in [-0.39, 0.29) is 5.97 Å². The Bertz CT molecular complexity index is 201. The summed E-state index contributed by atoms with van der Waals surface area (Å²) in [5.74, 6) is -0.103. The topological polar surface area (TPSA) is 38.3 Å². The number of rotatable bonds is 6. The predicted molar refractivity (Wildman–Crippen MR) is 56.1 cm³/mol. The molecular weight excluding hydrogens is 178 g/mol. The molecule has 1 aliphatic rings. The van der Waals surface area contributed by atoms with Gasteiger partial charge in [0.2, 0.25) is 0 Å². The fraction of sp³-hybridized carbons (Fsp3) is 0.909. The molecule has 0 aromatic rings. The number of nitrogens with one attached hydrogen (secondary N) is 1. The van der Waals surface area contributed by atoms with Gasteiger partial charge in [-0.25, -0.2) is 0 Å². The van der Waals surface area contributed by atoms with Gasteiger partial charge in [0.15, 0.2) is 0 Å². The lowest BCUT2D eigenvalue weighted by molar-refractivity contribution is -0.151. The lowest BCUT2D eigenvalue weighted by Crippen LogP contribution is -2.51. The molecule has 14 heavy (non-hydrogen) atoms. The Balaban J connectivity index is 2.52. The molecule has 0 spiro atoms. The van der Waals surface area contributed by atoms with Crippen molar-refractivity contribution in [2.45, 2.75) is 58.0 Å². The van der Waals surface area contributed by atoms with E-state index in [0.29, 0.717) is 12.6 Å². The summed E-state index contributed by atoms with van der Waals surface area (Å²) < 4.78 is 5.09. The standard InChI is InChI=1S/C11H21NO2/c1-4-8-11(3,10(13)14-5-2)12-9-6-7-9/h9,12H,4-8H2,1-3H3. The number of esters is 1. The summed E-state index contributed by atoms with van der Waals surface area (Å²) in [6.07, 6.45) is 4.23. The molecule has 0 saturated heterocycles. The Kier molecular flexibility index (Phi) is 3.93. The molecule has 1 saturated carbocycles. The second-order valence-electron chi connectivity index (χ2n) is 4.22. The molecule has 1 fully saturated rings. The fourth-order valence-corrected chi connectivity index (χ4v) is 1.70. The monoisotopic (exact) mass is 199 g/mol. The zero-order chi connectivity index (χ0) is 10.6. The van der Waals surface area contributed by atoms with Gasteiger partial charge in [-0.1, -0.05) is 13.3 Å². The summed E-state index contributed by atoms with van der Waals surface area (Å²) in [5.41, 5.74) is -0.466. The van der Waals surface area contributed by atoms with Gasteiger partial charge in [0.05, 0.1) is 6.61 Å². The quantitative estimate of drug-likeness (QED) is 0.664. The van der Waals surface area contributed by atoms with Gasteiger partial charge in [-0.2, -0.15) is 0 Å². The van der Waals surface area contributed by atoms with Gasteiger partial charge < -0.3 is 4.74 Å². The van der Waals surface area contributed by atoms with Gasteiger partial charge in [0, 0.05) is 6.04 Å². The number of carbonyl (C=O) groups is 1. The van der Waals surface area contributed by atoms with Gasteiger partial charge in [-0.3, -0.25) is 10.1 Å². The van der Waals surface area contributed by atoms with Crippen molar-refractivity contribution < 1.29 is 9.53 Å². The number of hydrogen-bond acceptors (Lipinski definition) is 3. The van der Waals surface area contributed by atoms with Crippen molar-refractivity contribution in [3.8, 4) is 0 Å². The summed E-state index contributed by atoms with van der Waals surface area (Å²) in [6.45, 7) is 6.35. The maximum atomic E-state index is 11.7. The maximum absolute atomic E-state index is 11.7. The van der Waals surface area contributed by atoms with E-state index in [1.54, 1.807) is 0 Å². The first-order valence-corrected chi connectivity index (χ1v) is 5.57. The average Bonchev–Trinajstić information content (AvgIpc) is 2.89. The van der Waals surface area contributed by atoms with Gasteiger partial charge >= 0.3 is 5.97 Å². The van der Waals surface area contributed by atoms with Crippen LogP contribution < -0.4 is 5.32 Å². The zero-order valence-corrected chi connectivity index (χ0v) is 9.43. The zero-order valence-electron chi connectivity index (χ0n) is 9.43. The smallest absolute Gasteiger partial charge is 0.326 e. The Hall–Kier alpha value is -0.570. The van der Waals surface area contributed by atoms with Crippen molar-refractivity contribution in [1.82, 2.24) is 5.32 Å². The van der Waals surface area contributed by atoms with Crippen molar-refractivity contribution >= 4 is 5.97 Å². The van der Waals surface area contributed by atoms with Crippen LogP contribution >= 0.6 is 0 Å². The molecule has 0 aliphatic heterocycles.